The van der Waals surface area contributed by atoms with Crippen molar-refractivity contribution in [2.45, 2.75) is 37.5 Å². The first-order chi connectivity index (χ1) is 5.85. The molecule has 66 valence electrons. The second-order valence-corrected chi connectivity index (χ2v) is 3.47. The minimum absolute atomic E-state index is 0.212. The normalized spacial score (nSPS) is 28.9. The van der Waals surface area contributed by atoms with E-state index in [1.54, 1.807) is 0 Å². The molecule has 0 aromatic rings. The zero-order chi connectivity index (χ0) is 8.44. The summed E-state index contributed by atoms with van der Waals surface area (Å²) in [6.07, 6.45) is 3.67. The van der Waals surface area contributed by atoms with Crippen LogP contribution in [-0.4, -0.2) is 25.0 Å². The predicted octanol–water partition coefficient (Wildman–Crippen LogP) is 1.59. The Labute approximate surface area is 72.5 Å². The van der Waals surface area contributed by atoms with Gasteiger partial charge in [0.15, 0.2) is 5.79 Å². The number of hydrogen-bond acceptors (Lipinski definition) is 2. The summed E-state index contributed by atoms with van der Waals surface area (Å²) in [5.74, 6) is -0.290. The van der Waals surface area contributed by atoms with E-state index in [-0.39, 0.29) is 11.8 Å². The molecule has 2 fully saturated rings. The first kappa shape index (κ1) is 8.03. The summed E-state index contributed by atoms with van der Waals surface area (Å²) < 4.78 is 11.1. The monoisotopic (exact) mass is 167 g/mol. The summed E-state index contributed by atoms with van der Waals surface area (Å²) in [5.41, 5.74) is 0. The molecule has 0 aromatic heterocycles. The molecule has 3 nitrogen and oxygen atoms in total. The van der Waals surface area contributed by atoms with E-state index in [0.29, 0.717) is 0 Å². The average molecular weight is 167 g/mol. The Hall–Kier alpha value is -0.590. The molecular formula is C9H13NO2. The summed E-state index contributed by atoms with van der Waals surface area (Å²) in [6, 6.07) is 0.212. The van der Waals surface area contributed by atoms with E-state index in [1.165, 1.54) is 0 Å². The Morgan fingerprint density at radius 3 is 2.25 bits per heavy atom. The molecule has 1 aliphatic carbocycles. The highest BCUT2D eigenvalue weighted by molar-refractivity contribution is 4.90. The van der Waals surface area contributed by atoms with Crippen molar-refractivity contribution in [1.82, 2.24) is 0 Å². The molecule has 2 rings (SSSR count). The van der Waals surface area contributed by atoms with Crippen molar-refractivity contribution >= 4 is 0 Å². The van der Waals surface area contributed by atoms with Crippen LogP contribution in [0.5, 0.6) is 0 Å². The summed E-state index contributed by atoms with van der Waals surface area (Å²) >= 11 is 0. The third kappa shape index (κ3) is 1.33. The first-order valence-corrected chi connectivity index (χ1v) is 4.49. The molecule has 0 atom stereocenters. The first-order valence-electron chi connectivity index (χ1n) is 4.49. The van der Waals surface area contributed by atoms with Crippen molar-refractivity contribution < 1.29 is 9.47 Å². The van der Waals surface area contributed by atoms with E-state index in [4.69, 9.17) is 16.0 Å². The van der Waals surface area contributed by atoms with Crippen LogP contribution in [0.4, 0.5) is 0 Å². The van der Waals surface area contributed by atoms with Gasteiger partial charge in [0.25, 0.3) is 0 Å². The summed E-state index contributed by atoms with van der Waals surface area (Å²) in [6.45, 7) is 8.35. The molecule has 3 heteroatoms. The van der Waals surface area contributed by atoms with Gasteiger partial charge in [-0.05, 0) is 0 Å². The van der Waals surface area contributed by atoms with Crippen LogP contribution in [0.2, 0.25) is 0 Å². The summed E-state index contributed by atoms with van der Waals surface area (Å²) in [5, 5.41) is 0. The maximum atomic E-state index is 6.90. The van der Waals surface area contributed by atoms with Gasteiger partial charge in [0, 0.05) is 25.7 Å². The SMILES string of the molecule is [C-]#[N+]C1CCC2(CC1)OCCO2. The standard InChI is InChI=1S/C9H13NO2/c1-10-8-2-4-9(5-3-8)11-6-7-12-9/h8H,2-7H2. The van der Waals surface area contributed by atoms with E-state index in [0.717, 1.165) is 38.9 Å². The Kier molecular flexibility index (Phi) is 2.03. The van der Waals surface area contributed by atoms with Crippen molar-refractivity contribution in [3.05, 3.63) is 11.4 Å². The van der Waals surface area contributed by atoms with Crippen LogP contribution >= 0.6 is 0 Å². The van der Waals surface area contributed by atoms with Crippen LogP contribution in [-0.2, 0) is 9.47 Å². The van der Waals surface area contributed by atoms with Gasteiger partial charge >= 0.3 is 0 Å². The minimum Gasteiger partial charge on any atom is -0.348 e. The van der Waals surface area contributed by atoms with E-state index < -0.39 is 0 Å². The van der Waals surface area contributed by atoms with Crippen LogP contribution in [0.25, 0.3) is 4.85 Å². The van der Waals surface area contributed by atoms with Gasteiger partial charge in [-0.3, -0.25) is 0 Å². The van der Waals surface area contributed by atoms with Gasteiger partial charge in [-0.1, -0.05) is 0 Å². The van der Waals surface area contributed by atoms with Gasteiger partial charge in [-0.25, -0.2) is 6.57 Å². The number of hydrogen-bond donors (Lipinski definition) is 0. The van der Waals surface area contributed by atoms with Gasteiger partial charge in [0.1, 0.15) is 0 Å². The highest BCUT2D eigenvalue weighted by Crippen LogP contribution is 2.36. The minimum atomic E-state index is -0.290. The van der Waals surface area contributed by atoms with Crippen molar-refractivity contribution in [2.24, 2.45) is 0 Å². The Morgan fingerprint density at radius 1 is 1.17 bits per heavy atom. The molecular weight excluding hydrogens is 154 g/mol. The van der Waals surface area contributed by atoms with Gasteiger partial charge in [0.2, 0.25) is 6.04 Å². The molecule has 0 bridgehead atoms. The molecule has 0 unspecified atom stereocenters. The van der Waals surface area contributed by atoms with Gasteiger partial charge < -0.3 is 14.3 Å². The summed E-state index contributed by atoms with van der Waals surface area (Å²) in [7, 11) is 0. The lowest BCUT2D eigenvalue weighted by molar-refractivity contribution is -0.177. The highest BCUT2D eigenvalue weighted by Gasteiger charge is 2.41. The second-order valence-electron chi connectivity index (χ2n) is 3.47. The largest absolute Gasteiger partial charge is 0.348 e. The van der Waals surface area contributed by atoms with Crippen molar-refractivity contribution in [3.8, 4) is 0 Å². The van der Waals surface area contributed by atoms with Crippen molar-refractivity contribution in [1.29, 1.82) is 0 Å². The third-order valence-corrected chi connectivity index (χ3v) is 2.71. The van der Waals surface area contributed by atoms with E-state index in [1.807, 2.05) is 0 Å². The third-order valence-electron chi connectivity index (χ3n) is 2.71. The van der Waals surface area contributed by atoms with Crippen LogP contribution in [0.3, 0.4) is 0 Å². The zero-order valence-corrected chi connectivity index (χ0v) is 7.08. The lowest BCUT2D eigenvalue weighted by atomic mass is 9.90. The fourth-order valence-electron chi connectivity index (χ4n) is 1.96. The van der Waals surface area contributed by atoms with Gasteiger partial charge in [0.05, 0.1) is 13.2 Å². The molecule has 1 spiro atoms. The van der Waals surface area contributed by atoms with Crippen LogP contribution < -0.4 is 0 Å². The number of nitrogens with zero attached hydrogens (tertiary/aromatic N) is 1. The number of ether oxygens (including phenoxy) is 2. The van der Waals surface area contributed by atoms with Crippen LogP contribution in [0.15, 0.2) is 0 Å². The molecule has 1 heterocycles. The molecule has 0 radical (unpaired) electrons. The molecule has 1 saturated carbocycles. The smallest absolute Gasteiger partial charge is 0.224 e. The van der Waals surface area contributed by atoms with E-state index >= 15 is 0 Å². The van der Waals surface area contributed by atoms with Crippen molar-refractivity contribution in [2.75, 3.05) is 13.2 Å². The maximum absolute atomic E-state index is 6.90. The molecule has 1 saturated heterocycles. The van der Waals surface area contributed by atoms with Gasteiger partial charge in [-0.15, -0.1) is 0 Å². The van der Waals surface area contributed by atoms with E-state index in [2.05, 4.69) is 4.85 Å². The molecule has 0 aromatic carbocycles. The van der Waals surface area contributed by atoms with Crippen LogP contribution in [0, 0.1) is 6.57 Å². The number of rotatable bonds is 0. The Bertz CT molecular complexity index is 193. The fourth-order valence-corrected chi connectivity index (χ4v) is 1.96. The Morgan fingerprint density at radius 2 is 1.75 bits per heavy atom. The molecule has 0 amide bonds. The van der Waals surface area contributed by atoms with Crippen molar-refractivity contribution in [3.63, 3.8) is 0 Å². The predicted molar refractivity (Wildman–Crippen MR) is 43.5 cm³/mol. The Balaban J connectivity index is 1.93. The molecule has 12 heavy (non-hydrogen) atoms. The topological polar surface area (TPSA) is 22.8 Å². The summed E-state index contributed by atoms with van der Waals surface area (Å²) in [4.78, 5) is 3.54. The van der Waals surface area contributed by atoms with Gasteiger partial charge in [-0.2, -0.15) is 0 Å². The lowest BCUT2D eigenvalue weighted by Crippen LogP contribution is -2.35. The maximum Gasteiger partial charge on any atom is 0.224 e. The molecule has 1 aliphatic heterocycles. The highest BCUT2D eigenvalue weighted by atomic mass is 16.7. The van der Waals surface area contributed by atoms with E-state index in [9.17, 15) is 0 Å². The second kappa shape index (κ2) is 3.04. The fraction of sp³-hybridized carbons (Fsp3) is 0.889. The zero-order valence-electron chi connectivity index (χ0n) is 7.08. The molecule has 0 N–H and O–H groups in total. The molecule has 2 aliphatic rings. The average Bonchev–Trinajstić information content (AvgIpc) is 2.55. The lowest BCUT2D eigenvalue weighted by Gasteiger charge is -2.31. The quantitative estimate of drug-likeness (QED) is 0.511. The van der Waals surface area contributed by atoms with Crippen LogP contribution in [0.1, 0.15) is 25.7 Å².